The monoisotopic (exact) mass is 866 g/mol. The number of benzene rings is 1. The number of thiazole rings is 1. The molecule has 1 aromatic carbocycles. The fourth-order valence-electron chi connectivity index (χ4n) is 8.53. The summed E-state index contributed by atoms with van der Waals surface area (Å²) in [5, 5.41) is 0.880. The lowest BCUT2D eigenvalue weighted by Crippen LogP contribution is -2.47. The second-order valence-electron chi connectivity index (χ2n) is 18.2. The van der Waals surface area contributed by atoms with Crippen LogP contribution < -0.4 is 9.46 Å². The van der Waals surface area contributed by atoms with E-state index in [1.54, 1.807) is 32.1 Å². The summed E-state index contributed by atoms with van der Waals surface area (Å²) in [5.74, 6) is -3.03. The number of carbonyl (C=O) groups excluding carboxylic acids is 4. The molecule has 2 amide bonds. The molecule has 3 aromatic rings. The summed E-state index contributed by atoms with van der Waals surface area (Å²) >= 11 is 1.64. The average molecular weight is 867 g/mol. The number of hydrogen-bond acceptors (Lipinski definition) is 11. The minimum atomic E-state index is -4.13. The maximum atomic E-state index is 14.8. The molecule has 1 saturated heterocycles. The zero-order valence-electron chi connectivity index (χ0n) is 36.6. The van der Waals surface area contributed by atoms with Crippen molar-refractivity contribution < 1.29 is 37.1 Å². The third kappa shape index (κ3) is 9.97. The number of hydrogen-bond donors (Lipinski definition) is 1. The van der Waals surface area contributed by atoms with E-state index in [4.69, 9.17) is 19.4 Å². The van der Waals surface area contributed by atoms with Crippen molar-refractivity contribution in [1.82, 2.24) is 28.5 Å². The summed E-state index contributed by atoms with van der Waals surface area (Å²) in [4.78, 5) is 69.3. The molecule has 2 fully saturated rings. The van der Waals surface area contributed by atoms with Gasteiger partial charge in [-0.15, -0.1) is 11.3 Å². The second kappa shape index (κ2) is 18.1. The molecule has 2 aromatic heterocycles. The molecular formula is C44H62N6O8S2. The van der Waals surface area contributed by atoms with E-state index in [2.05, 4.69) is 18.6 Å². The lowest BCUT2D eigenvalue weighted by atomic mass is 9.90. The summed E-state index contributed by atoms with van der Waals surface area (Å²) in [6.07, 6.45) is 8.63. The number of aromatic nitrogens is 3. The predicted octanol–water partition coefficient (Wildman–Crippen LogP) is 7.11. The normalized spacial score (nSPS) is 24.8. The van der Waals surface area contributed by atoms with Crippen molar-refractivity contribution in [2.24, 2.45) is 17.3 Å². The smallest absolute Gasteiger partial charge is 0.307 e. The molecule has 0 spiro atoms. The first kappa shape index (κ1) is 45.4. The molecule has 1 aliphatic carbocycles. The Kier molecular flexibility index (Phi) is 13.7. The largest absolute Gasteiger partial charge is 0.460 e. The molecule has 0 bridgehead atoms. The molecule has 3 aliphatic rings. The lowest BCUT2D eigenvalue weighted by Gasteiger charge is -2.29. The first-order chi connectivity index (χ1) is 28.2. The van der Waals surface area contributed by atoms with Gasteiger partial charge in [0.15, 0.2) is 5.78 Å². The van der Waals surface area contributed by atoms with E-state index < -0.39 is 51.2 Å². The van der Waals surface area contributed by atoms with Crippen LogP contribution in [0, 0.1) is 24.2 Å². The van der Waals surface area contributed by atoms with Gasteiger partial charge in [0.25, 0.3) is 6.01 Å². The Morgan fingerprint density at radius 1 is 1.12 bits per heavy atom. The van der Waals surface area contributed by atoms with E-state index in [1.165, 1.54) is 23.9 Å². The minimum Gasteiger partial charge on any atom is -0.460 e. The van der Waals surface area contributed by atoms with Gasteiger partial charge in [-0.05, 0) is 91.7 Å². The summed E-state index contributed by atoms with van der Waals surface area (Å²) in [6, 6.07) is 5.31. The van der Waals surface area contributed by atoms with Crippen molar-refractivity contribution in [3.05, 3.63) is 40.9 Å². The van der Waals surface area contributed by atoms with Gasteiger partial charge in [0, 0.05) is 49.3 Å². The van der Waals surface area contributed by atoms with Gasteiger partial charge < -0.3 is 14.4 Å². The van der Waals surface area contributed by atoms with Gasteiger partial charge >= 0.3 is 16.2 Å². The van der Waals surface area contributed by atoms with Crippen LogP contribution in [0.25, 0.3) is 21.6 Å². The van der Waals surface area contributed by atoms with Crippen LogP contribution in [0.3, 0.4) is 0 Å². The zero-order valence-corrected chi connectivity index (χ0v) is 38.2. The third-order valence-corrected chi connectivity index (χ3v) is 14.2. The van der Waals surface area contributed by atoms with Crippen LogP contribution in [0.1, 0.15) is 122 Å². The Labute approximate surface area is 358 Å². The summed E-state index contributed by atoms with van der Waals surface area (Å²) in [6.45, 7) is 13.7. The standard InChI is InChI=1S/C44H62N6O8S2/c1-10-17-33-28(4)59-39(45-33)32-20-16-21-34-38(32)46-42(50(34)27(2)3)57-31-23-35-36(51)25-44(41(54)47-60(55,56)48(8)9)24-30(44)19-15-13-11-12-14-18-29(40(53)49(35)26-31)22-37(52)58-43(5,6)7/h15-16,19-21,27,29-31,35H,10-14,17-18,22-26H2,1-9H3,(H,47,54)/b19-15-/t29-,30-,31-,35+,44-/m1/s1. The van der Waals surface area contributed by atoms with Gasteiger partial charge in [0.1, 0.15) is 22.2 Å². The average Bonchev–Trinajstić information content (AvgIpc) is 3.40. The highest BCUT2D eigenvalue weighted by molar-refractivity contribution is 7.87. The number of nitrogens with zero attached hydrogens (tertiary/aromatic N) is 5. The first-order valence-electron chi connectivity index (χ1n) is 21.3. The number of nitrogens with one attached hydrogen (secondary N) is 1. The molecule has 5 atom stereocenters. The Balaban J connectivity index is 1.36. The molecule has 328 valence electrons. The van der Waals surface area contributed by atoms with E-state index in [0.29, 0.717) is 25.3 Å². The highest BCUT2D eigenvalue weighted by atomic mass is 32.2. The Morgan fingerprint density at radius 3 is 2.55 bits per heavy atom. The molecule has 0 radical (unpaired) electrons. The van der Waals surface area contributed by atoms with Crippen molar-refractivity contribution in [1.29, 1.82) is 0 Å². The maximum absolute atomic E-state index is 14.8. The Hall–Kier alpha value is -4.15. The molecule has 6 rings (SSSR count). The summed E-state index contributed by atoms with van der Waals surface area (Å²) < 4.78 is 43.2. The van der Waals surface area contributed by atoms with Crippen LogP contribution in [0.5, 0.6) is 6.01 Å². The summed E-state index contributed by atoms with van der Waals surface area (Å²) in [7, 11) is -1.48. The van der Waals surface area contributed by atoms with E-state index in [-0.39, 0.29) is 49.5 Å². The predicted molar refractivity (Wildman–Crippen MR) is 232 cm³/mol. The number of Topliss-reactive ketones (excluding diaryl/α,β-unsaturated/α-hetero) is 1. The topological polar surface area (TPSA) is 170 Å². The first-order valence-corrected chi connectivity index (χ1v) is 23.6. The van der Waals surface area contributed by atoms with Crippen molar-refractivity contribution >= 4 is 56.1 Å². The molecule has 4 heterocycles. The number of amides is 2. The van der Waals surface area contributed by atoms with Crippen molar-refractivity contribution in [2.45, 2.75) is 143 Å². The van der Waals surface area contributed by atoms with Crippen LogP contribution in [-0.4, -0.2) is 94.1 Å². The number of carbonyl (C=O) groups is 4. The van der Waals surface area contributed by atoms with Crippen molar-refractivity contribution in [3.8, 4) is 16.6 Å². The number of fused-ring (bicyclic) bond motifs is 3. The van der Waals surface area contributed by atoms with E-state index in [9.17, 15) is 27.6 Å². The van der Waals surface area contributed by atoms with Crippen molar-refractivity contribution in [3.63, 3.8) is 0 Å². The number of allylic oxidation sites excluding steroid dienone is 2. The van der Waals surface area contributed by atoms with Crippen LogP contribution >= 0.6 is 11.3 Å². The zero-order chi connectivity index (χ0) is 43.7. The Bertz CT molecular complexity index is 2240. The van der Waals surface area contributed by atoms with Crippen molar-refractivity contribution in [2.75, 3.05) is 20.6 Å². The third-order valence-electron chi connectivity index (χ3n) is 11.8. The molecule has 0 unspecified atom stereocenters. The van der Waals surface area contributed by atoms with Gasteiger partial charge in [0.2, 0.25) is 11.8 Å². The number of ether oxygens (including phenoxy) is 2. The second-order valence-corrected chi connectivity index (χ2v) is 21.3. The molecule has 60 heavy (non-hydrogen) atoms. The van der Waals surface area contributed by atoms with Gasteiger partial charge in [0.05, 0.1) is 35.6 Å². The van der Waals surface area contributed by atoms with Crippen LogP contribution in [0.4, 0.5) is 0 Å². The molecule has 14 nitrogen and oxygen atoms in total. The molecule has 1 saturated carbocycles. The quantitative estimate of drug-likeness (QED) is 0.155. The minimum absolute atomic E-state index is 0.0534. The maximum Gasteiger partial charge on any atom is 0.307 e. The van der Waals surface area contributed by atoms with Crippen LogP contribution in [0.2, 0.25) is 0 Å². The Morgan fingerprint density at radius 2 is 1.87 bits per heavy atom. The number of aryl methyl sites for hydroxylation is 2. The molecule has 16 heteroatoms. The fraction of sp³-hybridized carbons (Fsp3) is 0.636. The van der Waals surface area contributed by atoms with Crippen LogP contribution in [-0.2, 0) is 40.5 Å². The van der Waals surface area contributed by atoms with Gasteiger partial charge in [-0.25, -0.2) is 9.71 Å². The lowest BCUT2D eigenvalue weighted by molar-refractivity contribution is -0.159. The number of esters is 1. The van der Waals surface area contributed by atoms with Gasteiger partial charge in [-0.1, -0.05) is 44.4 Å². The molecule has 1 N–H and O–H groups in total. The van der Waals surface area contributed by atoms with E-state index in [1.807, 2.05) is 48.8 Å². The molecule has 2 aliphatic heterocycles. The highest BCUT2D eigenvalue weighted by Gasteiger charge is 2.61. The number of ketones is 1. The van der Waals surface area contributed by atoms with Crippen LogP contribution in [0.15, 0.2) is 30.4 Å². The number of rotatable bonds is 11. The van der Waals surface area contributed by atoms with E-state index in [0.717, 1.165) is 63.7 Å². The van der Waals surface area contributed by atoms with E-state index >= 15 is 0 Å². The summed E-state index contributed by atoms with van der Waals surface area (Å²) in [5.41, 5.74) is 1.54. The fourth-order valence-corrected chi connectivity index (χ4v) is 10.1. The van der Waals surface area contributed by atoms with Gasteiger partial charge in [-0.3, -0.25) is 23.7 Å². The number of imidazole rings is 1. The highest BCUT2D eigenvalue weighted by Crippen LogP contribution is 2.57. The molecular weight excluding hydrogens is 805 g/mol. The number of para-hydroxylation sites is 1. The van der Waals surface area contributed by atoms with Gasteiger partial charge in [-0.2, -0.15) is 17.7 Å². The SMILES string of the molecule is CCCc1nc(-c2cccc3c2nc(O[C@@H]2C[C@H]4C(=O)C[C@]5(C(=O)NS(=O)(=O)N(C)C)C[C@H]5/C=C\CCCCC[C@H](CC(=O)OC(C)(C)C)C(=O)N4C2)n3C(C)C)sc1C.